The molecule has 4 nitrogen and oxygen atoms in total. The van der Waals surface area contributed by atoms with E-state index in [4.69, 9.17) is 0 Å². The van der Waals surface area contributed by atoms with Crippen molar-refractivity contribution in [2.45, 2.75) is 32.1 Å². The lowest BCUT2D eigenvalue weighted by atomic mass is 10.2. The summed E-state index contributed by atoms with van der Waals surface area (Å²) in [6.45, 7) is 9.44. The number of hydrogen-bond donors (Lipinski definition) is 1. The maximum atomic E-state index is 12.3. The van der Waals surface area contributed by atoms with Gasteiger partial charge in [-0.3, -0.25) is 0 Å². The first kappa shape index (κ1) is 19.1. The normalized spacial score (nSPS) is 12.1. The molecule has 0 unspecified atom stereocenters. The highest BCUT2D eigenvalue weighted by Gasteiger charge is 2.18. The average Bonchev–Trinajstić information content (AvgIpc) is 2.43. The summed E-state index contributed by atoms with van der Waals surface area (Å²) in [5.74, 6) is 0. The molecule has 0 radical (unpaired) electrons. The van der Waals surface area contributed by atoms with Gasteiger partial charge in [-0.05, 0) is 66.6 Å². The van der Waals surface area contributed by atoms with Crippen molar-refractivity contribution in [3.05, 3.63) is 26.6 Å². The first-order valence-electron chi connectivity index (χ1n) is 6.99. The van der Waals surface area contributed by atoms with E-state index in [0.717, 1.165) is 36.1 Å². The second-order valence-electron chi connectivity index (χ2n) is 4.81. The molecule has 7 heteroatoms. The first-order chi connectivity index (χ1) is 9.81. The molecular weight excluding hydrogens is 420 g/mol. The van der Waals surface area contributed by atoms with Crippen LogP contribution in [-0.2, 0) is 10.0 Å². The Balaban J connectivity index is 2.68. The number of aryl methyl sites for hydroxylation is 1. The maximum Gasteiger partial charge on any atom is 0.241 e. The lowest BCUT2D eigenvalue weighted by Gasteiger charge is -2.17. The second-order valence-corrected chi connectivity index (χ2v) is 8.25. The van der Waals surface area contributed by atoms with Gasteiger partial charge < -0.3 is 4.90 Å². The minimum atomic E-state index is -3.49. The van der Waals surface area contributed by atoms with E-state index in [1.165, 1.54) is 0 Å². The summed E-state index contributed by atoms with van der Waals surface area (Å²) in [5, 5.41) is 0. The van der Waals surface area contributed by atoms with E-state index < -0.39 is 10.0 Å². The lowest BCUT2D eigenvalue weighted by molar-refractivity contribution is 0.300. The van der Waals surface area contributed by atoms with Gasteiger partial charge in [0.1, 0.15) is 0 Å². The van der Waals surface area contributed by atoms with E-state index in [0.29, 0.717) is 11.0 Å². The maximum absolute atomic E-state index is 12.3. The van der Waals surface area contributed by atoms with E-state index in [2.05, 4.69) is 55.3 Å². The van der Waals surface area contributed by atoms with Gasteiger partial charge in [-0.25, -0.2) is 13.1 Å². The van der Waals surface area contributed by atoms with Gasteiger partial charge >= 0.3 is 0 Å². The Morgan fingerprint density at radius 1 is 1.14 bits per heavy atom. The molecule has 0 amide bonds. The lowest BCUT2D eigenvalue weighted by Crippen LogP contribution is -2.30. The van der Waals surface area contributed by atoms with Crippen LogP contribution >= 0.6 is 31.9 Å². The summed E-state index contributed by atoms with van der Waals surface area (Å²) >= 11 is 6.70. The van der Waals surface area contributed by atoms with Crippen LogP contribution in [0.4, 0.5) is 0 Å². The van der Waals surface area contributed by atoms with Gasteiger partial charge in [0.25, 0.3) is 0 Å². The summed E-state index contributed by atoms with van der Waals surface area (Å²) in [7, 11) is -3.49. The Labute approximate surface area is 144 Å². The van der Waals surface area contributed by atoms with Crippen LogP contribution < -0.4 is 4.72 Å². The van der Waals surface area contributed by atoms with Gasteiger partial charge in [0, 0.05) is 15.5 Å². The highest BCUT2D eigenvalue weighted by Crippen LogP contribution is 2.28. The fourth-order valence-corrected chi connectivity index (χ4v) is 4.71. The van der Waals surface area contributed by atoms with E-state index in [9.17, 15) is 8.42 Å². The molecule has 1 rings (SSSR count). The number of nitrogens with zero attached hydrogens (tertiary/aromatic N) is 1. The van der Waals surface area contributed by atoms with Crippen molar-refractivity contribution in [3.63, 3.8) is 0 Å². The molecule has 0 bridgehead atoms. The highest BCUT2D eigenvalue weighted by molar-refractivity contribution is 9.11. The fraction of sp³-hybridized carbons (Fsp3) is 0.571. The summed E-state index contributed by atoms with van der Waals surface area (Å²) < 4.78 is 28.7. The zero-order chi connectivity index (χ0) is 16.0. The Morgan fingerprint density at radius 2 is 1.76 bits per heavy atom. The van der Waals surface area contributed by atoms with Gasteiger partial charge in [-0.1, -0.05) is 29.8 Å². The zero-order valence-electron chi connectivity index (χ0n) is 12.6. The topological polar surface area (TPSA) is 49.4 Å². The molecule has 0 saturated heterocycles. The first-order valence-corrected chi connectivity index (χ1v) is 10.1. The van der Waals surface area contributed by atoms with Crippen molar-refractivity contribution < 1.29 is 8.42 Å². The van der Waals surface area contributed by atoms with E-state index in [-0.39, 0.29) is 4.90 Å². The second kappa shape index (κ2) is 8.62. The smallest absolute Gasteiger partial charge is 0.241 e. The fourth-order valence-electron chi connectivity index (χ4n) is 1.96. The summed E-state index contributed by atoms with van der Waals surface area (Å²) in [4.78, 5) is 2.54. The third kappa shape index (κ3) is 5.63. The SMILES string of the molecule is CCN(CC)CCCNS(=O)(=O)c1cc(Br)c(C)cc1Br. The molecule has 0 spiro atoms. The standard InChI is InChI=1S/C14H22Br2N2O2S/c1-4-18(5-2)8-6-7-17-21(19,20)14-10-12(15)11(3)9-13(14)16/h9-10,17H,4-8H2,1-3H3. The third-order valence-corrected chi connectivity index (χ3v) is 6.61. The van der Waals surface area contributed by atoms with E-state index >= 15 is 0 Å². The predicted molar refractivity (Wildman–Crippen MR) is 94.2 cm³/mol. The molecule has 1 aromatic rings. The Kier molecular flexibility index (Phi) is 7.84. The van der Waals surface area contributed by atoms with Gasteiger partial charge in [-0.15, -0.1) is 0 Å². The summed E-state index contributed by atoms with van der Waals surface area (Å²) in [6.07, 6.45) is 0.797. The molecule has 0 fully saturated rings. The van der Waals surface area contributed by atoms with Crippen LogP contribution in [0.3, 0.4) is 0 Å². The van der Waals surface area contributed by atoms with Crippen LogP contribution in [0.25, 0.3) is 0 Å². The van der Waals surface area contributed by atoms with Crippen LogP contribution in [0.15, 0.2) is 26.0 Å². The number of nitrogens with one attached hydrogen (secondary N) is 1. The number of halogens is 2. The molecule has 0 aliphatic carbocycles. The van der Waals surface area contributed by atoms with Crippen LogP contribution in [0.5, 0.6) is 0 Å². The molecular formula is C14H22Br2N2O2S. The number of rotatable bonds is 8. The van der Waals surface area contributed by atoms with Crippen molar-refractivity contribution in [1.82, 2.24) is 9.62 Å². The van der Waals surface area contributed by atoms with Crippen molar-refractivity contribution in [3.8, 4) is 0 Å². The molecule has 0 aliphatic rings. The number of benzene rings is 1. The quantitative estimate of drug-likeness (QED) is 0.627. The van der Waals surface area contributed by atoms with Gasteiger partial charge in [0.2, 0.25) is 10.0 Å². The van der Waals surface area contributed by atoms with Gasteiger partial charge in [0.15, 0.2) is 0 Å². The summed E-state index contributed by atoms with van der Waals surface area (Å²) in [5.41, 5.74) is 0.988. The van der Waals surface area contributed by atoms with Crippen LogP contribution in [0.1, 0.15) is 25.8 Å². The molecule has 0 aromatic heterocycles. The largest absolute Gasteiger partial charge is 0.304 e. The van der Waals surface area contributed by atoms with E-state index in [1.54, 1.807) is 12.1 Å². The van der Waals surface area contributed by atoms with Crippen molar-refractivity contribution in [1.29, 1.82) is 0 Å². The average molecular weight is 442 g/mol. The Bertz CT molecular complexity index is 573. The molecule has 21 heavy (non-hydrogen) atoms. The Morgan fingerprint density at radius 3 is 2.33 bits per heavy atom. The monoisotopic (exact) mass is 440 g/mol. The van der Waals surface area contributed by atoms with Crippen LogP contribution in [-0.4, -0.2) is 39.5 Å². The molecule has 0 heterocycles. The van der Waals surface area contributed by atoms with Crippen molar-refractivity contribution in [2.24, 2.45) is 0 Å². The molecule has 1 N–H and O–H groups in total. The molecule has 0 saturated carbocycles. The molecule has 120 valence electrons. The minimum Gasteiger partial charge on any atom is -0.304 e. The van der Waals surface area contributed by atoms with Crippen molar-refractivity contribution in [2.75, 3.05) is 26.2 Å². The van der Waals surface area contributed by atoms with Crippen LogP contribution in [0.2, 0.25) is 0 Å². The summed E-state index contributed by atoms with van der Waals surface area (Å²) in [6, 6.07) is 3.43. The number of hydrogen-bond acceptors (Lipinski definition) is 3. The highest BCUT2D eigenvalue weighted by atomic mass is 79.9. The zero-order valence-corrected chi connectivity index (χ0v) is 16.6. The van der Waals surface area contributed by atoms with E-state index in [1.807, 2.05) is 6.92 Å². The minimum absolute atomic E-state index is 0.266. The third-order valence-electron chi connectivity index (χ3n) is 3.34. The van der Waals surface area contributed by atoms with Gasteiger partial charge in [-0.2, -0.15) is 0 Å². The van der Waals surface area contributed by atoms with Crippen LogP contribution in [0, 0.1) is 6.92 Å². The molecule has 0 atom stereocenters. The van der Waals surface area contributed by atoms with Gasteiger partial charge in [0.05, 0.1) is 4.90 Å². The molecule has 0 aliphatic heterocycles. The van der Waals surface area contributed by atoms with Crippen molar-refractivity contribution >= 4 is 41.9 Å². The predicted octanol–water partition coefficient (Wildman–Crippen LogP) is 3.53. The Hall–Kier alpha value is 0.0500. The number of sulfonamides is 1. The molecule has 1 aromatic carbocycles.